The highest BCUT2D eigenvalue weighted by molar-refractivity contribution is 6.35. The first-order valence-corrected chi connectivity index (χ1v) is 4.54. The smallest absolute Gasteiger partial charge is 0.0377 e. The summed E-state index contributed by atoms with van der Waals surface area (Å²) < 4.78 is 0. The van der Waals surface area contributed by atoms with E-state index in [2.05, 4.69) is 13.8 Å². The van der Waals surface area contributed by atoms with Crippen molar-refractivity contribution in [3.63, 3.8) is 0 Å². The SMILES string of the molecule is CCC[Si]CCC. The molecule has 0 aliphatic carbocycles. The molecule has 0 spiro atoms. The Morgan fingerprint density at radius 1 is 1.00 bits per heavy atom. The van der Waals surface area contributed by atoms with Gasteiger partial charge >= 0.3 is 0 Å². The van der Waals surface area contributed by atoms with E-state index in [1.54, 1.807) is 0 Å². The fraction of sp³-hybridized carbons (Fsp3) is 1.00. The van der Waals surface area contributed by atoms with Gasteiger partial charge in [-0.3, -0.25) is 0 Å². The van der Waals surface area contributed by atoms with Crippen LogP contribution in [0, 0.1) is 0 Å². The Hall–Kier alpha value is 0.217. The Labute approximate surface area is 49.1 Å². The number of rotatable bonds is 4. The van der Waals surface area contributed by atoms with Crippen molar-refractivity contribution in [1.82, 2.24) is 0 Å². The monoisotopic (exact) mass is 114 g/mol. The van der Waals surface area contributed by atoms with Crippen LogP contribution in [0.25, 0.3) is 0 Å². The molecule has 0 aromatic heterocycles. The highest BCUT2D eigenvalue weighted by Gasteiger charge is 1.82. The number of hydrogen-bond acceptors (Lipinski definition) is 0. The molecule has 0 heterocycles. The van der Waals surface area contributed by atoms with Crippen molar-refractivity contribution in [2.24, 2.45) is 0 Å². The molecule has 1 heteroatoms. The lowest BCUT2D eigenvalue weighted by atomic mass is 10.6. The van der Waals surface area contributed by atoms with Gasteiger partial charge in [0.05, 0.1) is 0 Å². The minimum atomic E-state index is 1.23. The molecule has 0 saturated heterocycles. The van der Waals surface area contributed by atoms with Crippen LogP contribution < -0.4 is 0 Å². The average molecular weight is 114 g/mol. The summed E-state index contributed by atoms with van der Waals surface area (Å²) in [6, 6.07) is 2.90. The second-order valence-corrected chi connectivity index (χ2v) is 3.25. The lowest BCUT2D eigenvalue weighted by molar-refractivity contribution is 1.02. The van der Waals surface area contributed by atoms with Crippen LogP contribution in [0.4, 0.5) is 0 Å². The van der Waals surface area contributed by atoms with E-state index in [0.29, 0.717) is 0 Å². The van der Waals surface area contributed by atoms with Crippen molar-refractivity contribution in [2.45, 2.75) is 38.8 Å². The first-order valence-electron chi connectivity index (χ1n) is 3.12. The molecule has 0 nitrogen and oxygen atoms in total. The predicted molar refractivity (Wildman–Crippen MR) is 35.9 cm³/mol. The van der Waals surface area contributed by atoms with E-state index in [4.69, 9.17) is 0 Å². The van der Waals surface area contributed by atoms with Gasteiger partial charge in [-0.15, -0.1) is 0 Å². The van der Waals surface area contributed by atoms with E-state index >= 15 is 0 Å². The molecule has 0 unspecified atom stereocenters. The first kappa shape index (κ1) is 7.22. The average Bonchev–Trinajstić information content (AvgIpc) is 1.69. The highest BCUT2D eigenvalue weighted by Crippen LogP contribution is 1.92. The topological polar surface area (TPSA) is 0 Å². The van der Waals surface area contributed by atoms with E-state index in [-0.39, 0.29) is 0 Å². The van der Waals surface area contributed by atoms with Crippen molar-refractivity contribution < 1.29 is 0 Å². The third-order valence-corrected chi connectivity index (χ3v) is 2.56. The quantitative estimate of drug-likeness (QED) is 0.389. The van der Waals surface area contributed by atoms with Gasteiger partial charge in [0, 0.05) is 9.52 Å². The van der Waals surface area contributed by atoms with E-state index in [9.17, 15) is 0 Å². The molecule has 0 saturated carbocycles. The molecule has 0 rings (SSSR count). The summed E-state index contributed by atoms with van der Waals surface area (Å²) in [6.45, 7) is 4.51. The standard InChI is InChI=1S/C6H14Si/c1-3-5-7-6-4-2/h3-6H2,1-2H3. The van der Waals surface area contributed by atoms with Gasteiger partial charge in [0.15, 0.2) is 0 Å². The summed E-state index contributed by atoms with van der Waals surface area (Å²) >= 11 is 0. The molecule has 0 atom stereocenters. The van der Waals surface area contributed by atoms with Crippen molar-refractivity contribution in [3.05, 3.63) is 0 Å². The van der Waals surface area contributed by atoms with Gasteiger partial charge < -0.3 is 0 Å². The Balaban J connectivity index is 2.45. The van der Waals surface area contributed by atoms with Crippen LogP contribution in [0.2, 0.25) is 12.1 Å². The Morgan fingerprint density at radius 2 is 1.43 bits per heavy atom. The van der Waals surface area contributed by atoms with Gasteiger partial charge in [-0.2, -0.15) is 0 Å². The largest absolute Gasteiger partial charge is 0.0657 e. The van der Waals surface area contributed by atoms with Crippen LogP contribution in [0.1, 0.15) is 26.7 Å². The van der Waals surface area contributed by atoms with E-state index in [0.717, 1.165) is 0 Å². The van der Waals surface area contributed by atoms with Gasteiger partial charge in [-0.25, -0.2) is 0 Å². The summed E-state index contributed by atoms with van der Waals surface area (Å²) in [5.41, 5.74) is 0. The minimum Gasteiger partial charge on any atom is -0.0657 e. The van der Waals surface area contributed by atoms with Crippen molar-refractivity contribution in [3.8, 4) is 0 Å². The van der Waals surface area contributed by atoms with Gasteiger partial charge in [-0.1, -0.05) is 38.8 Å². The zero-order chi connectivity index (χ0) is 5.54. The van der Waals surface area contributed by atoms with E-state index < -0.39 is 0 Å². The van der Waals surface area contributed by atoms with Crippen LogP contribution in [-0.2, 0) is 0 Å². The highest BCUT2D eigenvalue weighted by atomic mass is 28.2. The summed E-state index contributed by atoms with van der Waals surface area (Å²) in [5.74, 6) is 0. The molecular weight excluding hydrogens is 100 g/mol. The maximum atomic E-state index is 2.25. The van der Waals surface area contributed by atoms with Crippen LogP contribution in [-0.4, -0.2) is 9.52 Å². The fourth-order valence-corrected chi connectivity index (χ4v) is 1.44. The molecule has 0 aromatic carbocycles. The van der Waals surface area contributed by atoms with Crippen molar-refractivity contribution >= 4 is 9.52 Å². The summed E-state index contributed by atoms with van der Waals surface area (Å²) in [4.78, 5) is 0. The van der Waals surface area contributed by atoms with E-state index in [1.807, 2.05) is 0 Å². The molecular formula is C6H14Si. The second kappa shape index (κ2) is 6.22. The van der Waals surface area contributed by atoms with Crippen molar-refractivity contribution in [2.75, 3.05) is 0 Å². The molecule has 0 N–H and O–H groups in total. The minimum absolute atomic E-state index is 1.23. The molecule has 7 heavy (non-hydrogen) atoms. The molecule has 2 radical (unpaired) electrons. The zero-order valence-corrected chi connectivity index (χ0v) is 6.33. The molecule has 42 valence electrons. The fourth-order valence-electron chi connectivity index (χ4n) is 0.479. The third-order valence-electron chi connectivity index (χ3n) is 0.854. The van der Waals surface area contributed by atoms with Gasteiger partial charge in [0.1, 0.15) is 0 Å². The lowest BCUT2D eigenvalue weighted by Gasteiger charge is -1.88. The van der Waals surface area contributed by atoms with E-state index in [1.165, 1.54) is 34.4 Å². The Kier molecular flexibility index (Phi) is 6.41. The lowest BCUT2D eigenvalue weighted by Crippen LogP contribution is -1.84. The summed E-state index contributed by atoms with van der Waals surface area (Å²) in [5, 5.41) is 0. The Bertz CT molecular complexity index is 23.4. The normalized spacial score (nSPS) is 9.43. The Morgan fingerprint density at radius 3 is 1.71 bits per heavy atom. The summed E-state index contributed by atoms with van der Waals surface area (Å²) in [7, 11) is 1.23. The summed E-state index contributed by atoms with van der Waals surface area (Å²) in [6.07, 6.45) is 2.75. The molecule has 0 fully saturated rings. The maximum Gasteiger partial charge on any atom is 0.0377 e. The van der Waals surface area contributed by atoms with Gasteiger partial charge in [0.25, 0.3) is 0 Å². The van der Waals surface area contributed by atoms with Crippen LogP contribution >= 0.6 is 0 Å². The molecule has 0 amide bonds. The van der Waals surface area contributed by atoms with Crippen molar-refractivity contribution in [1.29, 1.82) is 0 Å². The predicted octanol–water partition coefficient (Wildman–Crippen LogP) is 2.35. The number of hydrogen-bond donors (Lipinski definition) is 0. The van der Waals surface area contributed by atoms with Gasteiger partial charge in [-0.05, 0) is 0 Å². The van der Waals surface area contributed by atoms with Crippen LogP contribution in [0.3, 0.4) is 0 Å². The second-order valence-electron chi connectivity index (χ2n) is 1.75. The first-order chi connectivity index (χ1) is 3.41. The molecule has 0 aromatic rings. The zero-order valence-electron chi connectivity index (χ0n) is 5.33. The molecule has 0 aliphatic heterocycles. The molecule has 0 aliphatic rings. The maximum absolute atomic E-state index is 2.25. The van der Waals surface area contributed by atoms with Crippen LogP contribution in [0.5, 0.6) is 0 Å². The third kappa shape index (κ3) is 6.22. The molecule has 0 bridgehead atoms. The van der Waals surface area contributed by atoms with Crippen LogP contribution in [0.15, 0.2) is 0 Å². The van der Waals surface area contributed by atoms with Gasteiger partial charge in [0.2, 0.25) is 0 Å².